The van der Waals surface area contributed by atoms with Gasteiger partial charge >= 0.3 is 0 Å². The van der Waals surface area contributed by atoms with E-state index in [4.69, 9.17) is 11.6 Å². The van der Waals surface area contributed by atoms with Crippen molar-refractivity contribution in [2.24, 2.45) is 0 Å². The number of hydrogen-bond donors (Lipinski definition) is 2. The van der Waals surface area contributed by atoms with Crippen LogP contribution in [0.4, 0.5) is 11.4 Å². The maximum absolute atomic E-state index is 12.5. The van der Waals surface area contributed by atoms with E-state index in [1.807, 2.05) is 18.2 Å². The lowest BCUT2D eigenvalue weighted by atomic mass is 10.3. The van der Waals surface area contributed by atoms with Crippen molar-refractivity contribution in [1.29, 1.82) is 0 Å². The van der Waals surface area contributed by atoms with Gasteiger partial charge in [0.05, 0.1) is 27.1 Å². The van der Waals surface area contributed by atoms with Gasteiger partial charge < -0.3 is 10.6 Å². The van der Waals surface area contributed by atoms with Gasteiger partial charge in [0, 0.05) is 37.0 Å². The summed E-state index contributed by atoms with van der Waals surface area (Å²) in [5.41, 5.74) is 1.49. The number of rotatable bonds is 9. The molecule has 11 heteroatoms. The third-order valence-corrected chi connectivity index (χ3v) is 5.54. The molecule has 1 heterocycles. The smallest absolute Gasteiger partial charge is 0.271 e. The Balaban J connectivity index is 1.54. The van der Waals surface area contributed by atoms with Crippen LogP contribution in [0.15, 0.2) is 64.5 Å². The Labute approximate surface area is 193 Å². The summed E-state index contributed by atoms with van der Waals surface area (Å²) < 4.78 is 1.48. The normalized spacial score (nSPS) is 10.6. The lowest BCUT2D eigenvalue weighted by Gasteiger charge is -2.12. The Morgan fingerprint density at radius 2 is 1.94 bits per heavy atom. The van der Waals surface area contributed by atoms with Crippen molar-refractivity contribution in [2.75, 3.05) is 24.2 Å². The van der Waals surface area contributed by atoms with E-state index in [-0.39, 0.29) is 27.9 Å². The molecule has 32 heavy (non-hydrogen) atoms. The third kappa shape index (κ3) is 6.08. The van der Waals surface area contributed by atoms with Crippen LogP contribution in [0.1, 0.15) is 5.69 Å². The van der Waals surface area contributed by atoms with Crippen LogP contribution in [-0.2, 0) is 4.79 Å². The number of nitrogens with zero attached hydrogens (tertiary/aromatic N) is 3. The molecule has 0 atom stereocenters. The van der Waals surface area contributed by atoms with Crippen LogP contribution in [0.2, 0.25) is 5.02 Å². The van der Waals surface area contributed by atoms with E-state index in [1.54, 1.807) is 19.1 Å². The summed E-state index contributed by atoms with van der Waals surface area (Å²) in [6.07, 6.45) is 0. The summed E-state index contributed by atoms with van der Waals surface area (Å²) in [5, 5.41) is 17.2. The molecule has 0 radical (unpaired) electrons. The first-order valence-corrected chi connectivity index (χ1v) is 10.9. The third-order valence-electron chi connectivity index (χ3n) is 4.29. The molecule has 9 nitrogen and oxygen atoms in total. The van der Waals surface area contributed by atoms with Crippen LogP contribution in [0.5, 0.6) is 0 Å². The summed E-state index contributed by atoms with van der Waals surface area (Å²) in [6, 6.07) is 14.7. The van der Waals surface area contributed by atoms with Gasteiger partial charge in [-0.1, -0.05) is 41.6 Å². The molecule has 166 valence electrons. The van der Waals surface area contributed by atoms with Gasteiger partial charge in [-0.25, -0.2) is 4.98 Å². The molecule has 3 aromatic rings. The largest absolute Gasteiger partial charge is 0.382 e. The van der Waals surface area contributed by atoms with E-state index in [0.717, 1.165) is 0 Å². The van der Waals surface area contributed by atoms with Gasteiger partial charge in [0.15, 0.2) is 5.16 Å². The SMILES string of the molecule is Cc1cc(=O)n(-c2ccccc2)c(SCC(=O)NCCNc2ccc([N+](=O)[O-])cc2Cl)n1. The second-order valence-electron chi connectivity index (χ2n) is 6.68. The molecule has 0 aliphatic rings. The van der Waals surface area contributed by atoms with Crippen molar-refractivity contribution < 1.29 is 9.72 Å². The number of halogens is 1. The molecule has 0 unspecified atom stereocenters. The molecular weight excluding hydrogens is 454 g/mol. The lowest BCUT2D eigenvalue weighted by Crippen LogP contribution is -2.30. The minimum absolute atomic E-state index is 0.0843. The quantitative estimate of drug-likeness (QED) is 0.161. The molecule has 0 saturated carbocycles. The number of non-ortho nitro benzene ring substituents is 1. The number of benzene rings is 2. The first-order chi connectivity index (χ1) is 15.3. The minimum Gasteiger partial charge on any atom is -0.382 e. The van der Waals surface area contributed by atoms with Crippen molar-refractivity contribution in [3.05, 3.63) is 85.8 Å². The summed E-state index contributed by atoms with van der Waals surface area (Å²) in [7, 11) is 0. The van der Waals surface area contributed by atoms with Gasteiger partial charge in [-0.15, -0.1) is 0 Å². The number of nitro groups is 1. The number of amides is 1. The van der Waals surface area contributed by atoms with Gasteiger partial charge in [-0.2, -0.15) is 0 Å². The first-order valence-electron chi connectivity index (χ1n) is 9.58. The van der Waals surface area contributed by atoms with Crippen molar-refractivity contribution in [2.45, 2.75) is 12.1 Å². The topological polar surface area (TPSA) is 119 Å². The van der Waals surface area contributed by atoms with E-state index in [1.165, 1.54) is 40.6 Å². The molecule has 3 rings (SSSR count). The molecule has 0 saturated heterocycles. The van der Waals surface area contributed by atoms with Crippen LogP contribution in [0.25, 0.3) is 5.69 Å². The molecular formula is C21H20ClN5O4S. The van der Waals surface area contributed by atoms with Crippen molar-refractivity contribution in [1.82, 2.24) is 14.9 Å². The standard InChI is InChI=1S/C21H20ClN5O4S/c1-14-11-20(29)26(15-5-3-2-4-6-15)21(25-14)32-13-19(28)24-10-9-23-18-8-7-16(27(30)31)12-17(18)22/h2-8,11-12,23H,9-10,13H2,1H3,(H,24,28). The highest BCUT2D eigenvalue weighted by molar-refractivity contribution is 7.99. The monoisotopic (exact) mass is 473 g/mol. The van der Waals surface area contributed by atoms with Gasteiger partial charge in [0.2, 0.25) is 5.91 Å². The van der Waals surface area contributed by atoms with Crippen molar-refractivity contribution >= 4 is 40.6 Å². The van der Waals surface area contributed by atoms with Crippen LogP contribution >= 0.6 is 23.4 Å². The number of nitrogens with one attached hydrogen (secondary N) is 2. The number of aromatic nitrogens is 2. The molecule has 1 aromatic heterocycles. The fraction of sp³-hybridized carbons (Fsp3) is 0.190. The van der Waals surface area contributed by atoms with Gasteiger partial charge in [-0.05, 0) is 25.1 Å². The second kappa shape index (κ2) is 10.8. The highest BCUT2D eigenvalue weighted by Gasteiger charge is 2.12. The highest BCUT2D eigenvalue weighted by Crippen LogP contribution is 2.26. The van der Waals surface area contributed by atoms with E-state index in [2.05, 4.69) is 15.6 Å². The number of hydrogen-bond acceptors (Lipinski definition) is 7. The highest BCUT2D eigenvalue weighted by atomic mass is 35.5. The predicted molar refractivity (Wildman–Crippen MR) is 125 cm³/mol. The zero-order valence-corrected chi connectivity index (χ0v) is 18.7. The number of carbonyl (C=O) groups is 1. The summed E-state index contributed by atoms with van der Waals surface area (Å²) >= 11 is 7.20. The van der Waals surface area contributed by atoms with Crippen LogP contribution in [0.3, 0.4) is 0 Å². The molecule has 1 amide bonds. The maximum atomic E-state index is 12.5. The zero-order valence-electron chi connectivity index (χ0n) is 17.1. The summed E-state index contributed by atoms with van der Waals surface area (Å²) in [6.45, 7) is 2.43. The average molecular weight is 474 g/mol. The van der Waals surface area contributed by atoms with E-state index >= 15 is 0 Å². The Morgan fingerprint density at radius 3 is 2.62 bits per heavy atom. The molecule has 0 spiro atoms. The number of carbonyl (C=O) groups excluding carboxylic acids is 1. The number of anilines is 1. The maximum Gasteiger partial charge on any atom is 0.271 e. The first kappa shape index (κ1) is 23.3. The fourth-order valence-electron chi connectivity index (χ4n) is 2.82. The number of aryl methyl sites for hydroxylation is 1. The zero-order chi connectivity index (χ0) is 23.1. The van der Waals surface area contributed by atoms with Gasteiger partial charge in [-0.3, -0.25) is 24.3 Å². The van der Waals surface area contributed by atoms with Gasteiger partial charge in [0.1, 0.15) is 0 Å². The molecule has 2 aromatic carbocycles. The van der Waals surface area contributed by atoms with Crippen LogP contribution in [0, 0.1) is 17.0 Å². The molecule has 0 aliphatic carbocycles. The van der Waals surface area contributed by atoms with E-state index < -0.39 is 4.92 Å². The van der Waals surface area contributed by atoms with Crippen LogP contribution < -0.4 is 16.2 Å². The Kier molecular flexibility index (Phi) is 7.85. The number of para-hydroxylation sites is 1. The van der Waals surface area contributed by atoms with Crippen LogP contribution in [-0.4, -0.2) is 39.2 Å². The number of nitro benzene ring substituents is 1. The molecule has 2 N–H and O–H groups in total. The molecule has 0 fully saturated rings. The summed E-state index contributed by atoms with van der Waals surface area (Å²) in [5.74, 6) is -0.136. The fourth-order valence-corrected chi connectivity index (χ4v) is 3.96. The van der Waals surface area contributed by atoms with Gasteiger partial charge in [0.25, 0.3) is 11.2 Å². The van der Waals surface area contributed by atoms with Crippen molar-refractivity contribution in [3.8, 4) is 5.69 Å². The van der Waals surface area contributed by atoms with E-state index in [9.17, 15) is 19.7 Å². The second-order valence-corrected chi connectivity index (χ2v) is 8.03. The Bertz CT molecular complexity index is 1190. The summed E-state index contributed by atoms with van der Waals surface area (Å²) in [4.78, 5) is 39.4. The predicted octanol–water partition coefficient (Wildman–Crippen LogP) is 3.42. The Hall–Kier alpha value is -3.37. The minimum atomic E-state index is -0.520. The Morgan fingerprint density at radius 1 is 1.19 bits per heavy atom. The molecule has 0 aliphatic heterocycles. The lowest BCUT2D eigenvalue weighted by molar-refractivity contribution is -0.384. The number of thioether (sulfide) groups is 1. The van der Waals surface area contributed by atoms with E-state index in [0.29, 0.717) is 35.3 Å². The van der Waals surface area contributed by atoms with Crippen molar-refractivity contribution in [3.63, 3.8) is 0 Å². The molecule has 0 bridgehead atoms. The average Bonchev–Trinajstić information content (AvgIpc) is 2.76.